The highest BCUT2D eigenvalue weighted by atomic mass is 16.5. The van der Waals surface area contributed by atoms with Crippen molar-refractivity contribution < 1.29 is 4.74 Å². The van der Waals surface area contributed by atoms with Gasteiger partial charge in [-0.25, -0.2) is 4.98 Å². The second kappa shape index (κ2) is 4.53. The van der Waals surface area contributed by atoms with E-state index < -0.39 is 0 Å². The minimum Gasteiger partial charge on any atom is -0.496 e. The summed E-state index contributed by atoms with van der Waals surface area (Å²) in [5.74, 6) is 0.881. The zero-order valence-electron chi connectivity index (χ0n) is 10.1. The molecule has 89 valence electrons. The van der Waals surface area contributed by atoms with Gasteiger partial charge in [0.25, 0.3) is 0 Å². The molecule has 0 atom stereocenters. The van der Waals surface area contributed by atoms with Gasteiger partial charge in [0.2, 0.25) is 0 Å². The molecular formula is C15H13N2O. The predicted octanol–water partition coefficient (Wildman–Crippen LogP) is 2.89. The van der Waals surface area contributed by atoms with Crippen molar-refractivity contribution in [1.82, 2.24) is 9.55 Å². The normalized spacial score (nSPS) is 10.7. The Balaban J connectivity index is 2.01. The number of aromatic nitrogens is 2. The summed E-state index contributed by atoms with van der Waals surface area (Å²) in [4.78, 5) is 4.38. The van der Waals surface area contributed by atoms with E-state index in [1.807, 2.05) is 42.7 Å². The predicted molar refractivity (Wildman–Crippen MR) is 70.7 cm³/mol. The molecular weight excluding hydrogens is 224 g/mol. The quantitative estimate of drug-likeness (QED) is 0.700. The van der Waals surface area contributed by atoms with Crippen molar-refractivity contribution in [2.45, 2.75) is 6.54 Å². The summed E-state index contributed by atoms with van der Waals surface area (Å²) in [6.07, 6.45) is 1.86. The second-order valence-electron chi connectivity index (χ2n) is 4.10. The average Bonchev–Trinajstić information content (AvgIpc) is 2.83. The fraction of sp³-hybridized carbons (Fsp3) is 0.133. The average molecular weight is 237 g/mol. The van der Waals surface area contributed by atoms with Crippen LogP contribution in [0.5, 0.6) is 5.75 Å². The van der Waals surface area contributed by atoms with Crippen LogP contribution < -0.4 is 4.74 Å². The molecule has 3 nitrogen and oxygen atoms in total. The molecule has 1 radical (unpaired) electrons. The standard InChI is InChI=1S/C15H13N2O/c1-18-15-9-5-2-6-12(15)10-17-11-16-13-7-3-4-8-14(13)17/h3-9,11H,10H2,1H3. The summed E-state index contributed by atoms with van der Waals surface area (Å²) < 4.78 is 7.46. The molecule has 0 aliphatic rings. The van der Waals surface area contributed by atoms with Gasteiger partial charge in [0.1, 0.15) is 5.75 Å². The maximum Gasteiger partial charge on any atom is 0.123 e. The monoisotopic (exact) mass is 237 g/mol. The Labute approximate surface area is 106 Å². The zero-order valence-corrected chi connectivity index (χ0v) is 10.1. The van der Waals surface area contributed by atoms with Crippen molar-refractivity contribution in [3.63, 3.8) is 0 Å². The minimum atomic E-state index is 0.737. The van der Waals surface area contributed by atoms with Crippen LogP contribution >= 0.6 is 0 Å². The summed E-state index contributed by atoms with van der Waals surface area (Å²) in [6.45, 7) is 0.737. The highest BCUT2D eigenvalue weighted by Gasteiger charge is 2.05. The molecule has 3 aromatic rings. The first-order valence-electron chi connectivity index (χ1n) is 5.81. The molecule has 0 amide bonds. The summed E-state index contributed by atoms with van der Waals surface area (Å²) in [6, 6.07) is 16.9. The van der Waals surface area contributed by atoms with Gasteiger partial charge in [0.05, 0.1) is 31.0 Å². The largest absolute Gasteiger partial charge is 0.496 e. The van der Waals surface area contributed by atoms with Crippen LogP contribution in [0.3, 0.4) is 0 Å². The summed E-state index contributed by atoms with van der Waals surface area (Å²) in [5, 5.41) is 0. The molecule has 3 heteroatoms. The Bertz CT molecular complexity index is 673. The number of imidazole rings is 1. The van der Waals surface area contributed by atoms with Gasteiger partial charge < -0.3 is 9.30 Å². The Hall–Kier alpha value is -2.29. The van der Waals surface area contributed by atoms with Gasteiger partial charge in [-0.2, -0.15) is 0 Å². The molecule has 2 aromatic carbocycles. The second-order valence-corrected chi connectivity index (χ2v) is 4.10. The van der Waals surface area contributed by atoms with Gasteiger partial charge in [0, 0.05) is 5.56 Å². The number of benzene rings is 2. The molecule has 0 fully saturated rings. The lowest BCUT2D eigenvalue weighted by Gasteiger charge is -2.09. The van der Waals surface area contributed by atoms with Crippen molar-refractivity contribution in [3.05, 3.63) is 60.4 Å². The van der Waals surface area contributed by atoms with Gasteiger partial charge in [-0.1, -0.05) is 18.2 Å². The Morgan fingerprint density at radius 3 is 3.06 bits per heavy atom. The fourth-order valence-corrected chi connectivity index (χ4v) is 2.09. The SMILES string of the molecule is COc1cc[c]cc1Cn1cnc2ccccc21. The van der Waals surface area contributed by atoms with E-state index in [4.69, 9.17) is 4.74 Å². The first kappa shape index (κ1) is 10.8. The first-order valence-corrected chi connectivity index (χ1v) is 5.81. The van der Waals surface area contributed by atoms with E-state index in [2.05, 4.69) is 21.7 Å². The number of ether oxygens (including phenoxy) is 1. The number of hydrogen-bond acceptors (Lipinski definition) is 2. The van der Waals surface area contributed by atoms with Gasteiger partial charge in [-0.3, -0.25) is 0 Å². The van der Waals surface area contributed by atoms with Crippen LogP contribution in [0.1, 0.15) is 5.56 Å². The van der Waals surface area contributed by atoms with Crippen LogP contribution in [0.4, 0.5) is 0 Å². The summed E-state index contributed by atoms with van der Waals surface area (Å²) in [7, 11) is 1.69. The van der Waals surface area contributed by atoms with Crippen molar-refractivity contribution in [2.24, 2.45) is 0 Å². The first-order chi connectivity index (χ1) is 8.88. The molecule has 1 heterocycles. The Morgan fingerprint density at radius 1 is 1.28 bits per heavy atom. The number of para-hydroxylation sites is 2. The van der Waals surface area contributed by atoms with Crippen LogP contribution in [0.15, 0.2) is 48.8 Å². The third-order valence-corrected chi connectivity index (χ3v) is 2.99. The summed E-state index contributed by atoms with van der Waals surface area (Å²) >= 11 is 0. The lowest BCUT2D eigenvalue weighted by atomic mass is 10.2. The Kier molecular flexibility index (Phi) is 2.73. The van der Waals surface area contributed by atoms with Crippen LogP contribution in [-0.2, 0) is 6.54 Å². The van der Waals surface area contributed by atoms with Crippen molar-refractivity contribution >= 4 is 11.0 Å². The molecule has 1 aromatic heterocycles. The van der Waals surface area contributed by atoms with Crippen molar-refractivity contribution in [1.29, 1.82) is 0 Å². The molecule has 3 rings (SSSR count). The van der Waals surface area contributed by atoms with Crippen LogP contribution in [0, 0.1) is 6.07 Å². The van der Waals surface area contributed by atoms with Crippen LogP contribution in [-0.4, -0.2) is 16.7 Å². The molecule has 0 saturated heterocycles. The Morgan fingerprint density at radius 2 is 2.17 bits per heavy atom. The fourth-order valence-electron chi connectivity index (χ4n) is 2.09. The lowest BCUT2D eigenvalue weighted by molar-refractivity contribution is 0.408. The van der Waals surface area contributed by atoms with E-state index in [0.29, 0.717) is 0 Å². The third-order valence-electron chi connectivity index (χ3n) is 2.99. The van der Waals surface area contributed by atoms with E-state index in [0.717, 1.165) is 28.9 Å². The van der Waals surface area contributed by atoms with Crippen molar-refractivity contribution in [3.8, 4) is 5.75 Å². The molecule has 0 aliphatic heterocycles. The third kappa shape index (κ3) is 1.84. The van der Waals surface area contributed by atoms with Gasteiger partial charge in [-0.05, 0) is 30.3 Å². The number of methoxy groups -OCH3 is 1. The topological polar surface area (TPSA) is 27.1 Å². The smallest absolute Gasteiger partial charge is 0.123 e. The molecule has 0 N–H and O–H groups in total. The number of nitrogens with zero attached hydrogens (tertiary/aromatic N) is 2. The van der Waals surface area contributed by atoms with Gasteiger partial charge >= 0.3 is 0 Å². The minimum absolute atomic E-state index is 0.737. The maximum atomic E-state index is 5.35. The molecule has 18 heavy (non-hydrogen) atoms. The van der Waals surface area contributed by atoms with E-state index >= 15 is 0 Å². The van der Waals surface area contributed by atoms with E-state index in [1.165, 1.54) is 0 Å². The molecule has 0 unspecified atom stereocenters. The molecule has 0 saturated carbocycles. The molecule has 0 aliphatic carbocycles. The van der Waals surface area contributed by atoms with E-state index in [9.17, 15) is 0 Å². The molecule has 0 spiro atoms. The number of rotatable bonds is 3. The molecule has 0 bridgehead atoms. The van der Waals surface area contributed by atoms with E-state index in [-0.39, 0.29) is 0 Å². The van der Waals surface area contributed by atoms with E-state index in [1.54, 1.807) is 7.11 Å². The number of hydrogen-bond donors (Lipinski definition) is 0. The van der Waals surface area contributed by atoms with Crippen molar-refractivity contribution in [2.75, 3.05) is 7.11 Å². The van der Waals surface area contributed by atoms with Gasteiger partial charge in [0.15, 0.2) is 0 Å². The van der Waals surface area contributed by atoms with Gasteiger partial charge in [-0.15, -0.1) is 0 Å². The highest BCUT2D eigenvalue weighted by Crippen LogP contribution is 2.20. The lowest BCUT2D eigenvalue weighted by Crippen LogP contribution is -2.00. The summed E-state index contributed by atoms with van der Waals surface area (Å²) in [5.41, 5.74) is 3.24. The number of fused-ring (bicyclic) bond motifs is 1. The van der Waals surface area contributed by atoms with Crippen LogP contribution in [0.25, 0.3) is 11.0 Å². The van der Waals surface area contributed by atoms with Crippen LogP contribution in [0.2, 0.25) is 0 Å². The zero-order chi connectivity index (χ0) is 12.4. The maximum absolute atomic E-state index is 5.35. The highest BCUT2D eigenvalue weighted by molar-refractivity contribution is 5.75.